The Morgan fingerprint density at radius 2 is 1.65 bits per heavy atom. The van der Waals surface area contributed by atoms with Crippen molar-refractivity contribution in [3.63, 3.8) is 0 Å². The minimum atomic E-state index is -0.0873. The number of aromatic nitrogens is 1. The SMILES string of the molecule is CCN(CC)c1ccc(C(=O)CSc2nc(N)c(C#N)c(-c3ccc(OC)cc3)c2C#N)cc1. The summed E-state index contributed by atoms with van der Waals surface area (Å²) in [5.74, 6) is 0.663. The molecule has 0 spiro atoms. The fourth-order valence-corrected chi connectivity index (χ4v) is 4.50. The second kappa shape index (κ2) is 11.2. The van der Waals surface area contributed by atoms with Crippen molar-refractivity contribution < 1.29 is 9.53 Å². The number of carbonyl (C=O) groups excluding carboxylic acids is 1. The van der Waals surface area contributed by atoms with Gasteiger partial charge in [0.05, 0.1) is 18.4 Å². The molecule has 2 aromatic carbocycles. The molecule has 8 heteroatoms. The van der Waals surface area contributed by atoms with Gasteiger partial charge in [-0.25, -0.2) is 4.98 Å². The fourth-order valence-electron chi connectivity index (χ4n) is 3.61. The smallest absolute Gasteiger partial charge is 0.173 e. The number of ether oxygens (including phenoxy) is 1. The Hall–Kier alpha value is -4.01. The van der Waals surface area contributed by atoms with Crippen molar-refractivity contribution in [3.8, 4) is 29.0 Å². The predicted octanol–water partition coefficient (Wildman–Crippen LogP) is 4.90. The molecule has 1 heterocycles. The number of methoxy groups -OCH3 is 1. The highest BCUT2D eigenvalue weighted by Gasteiger charge is 2.21. The first-order chi connectivity index (χ1) is 16.5. The summed E-state index contributed by atoms with van der Waals surface area (Å²) in [6.07, 6.45) is 0. The molecule has 0 bridgehead atoms. The van der Waals surface area contributed by atoms with E-state index in [1.807, 2.05) is 24.3 Å². The Bertz CT molecular complexity index is 1250. The average molecular weight is 472 g/mol. The van der Waals surface area contributed by atoms with Crippen LogP contribution < -0.4 is 15.4 Å². The van der Waals surface area contributed by atoms with E-state index in [2.05, 4.69) is 35.9 Å². The molecule has 0 atom stereocenters. The normalized spacial score (nSPS) is 10.3. The number of hydrogen-bond acceptors (Lipinski definition) is 8. The number of nitrogens with two attached hydrogens (primary N) is 1. The van der Waals surface area contributed by atoms with Gasteiger partial charge in [0.15, 0.2) is 5.78 Å². The number of ketones is 1. The quantitative estimate of drug-likeness (QED) is 0.346. The van der Waals surface area contributed by atoms with Gasteiger partial charge in [-0.15, -0.1) is 0 Å². The Labute approximate surface area is 203 Å². The molecule has 3 aromatic rings. The van der Waals surface area contributed by atoms with Crippen LogP contribution in [0.1, 0.15) is 35.3 Å². The lowest BCUT2D eigenvalue weighted by Crippen LogP contribution is -2.21. The number of rotatable bonds is 9. The first-order valence-corrected chi connectivity index (χ1v) is 11.7. The number of nitrogen functional groups attached to an aromatic ring is 1. The molecule has 0 saturated heterocycles. The van der Waals surface area contributed by atoms with Gasteiger partial charge in [-0.1, -0.05) is 23.9 Å². The van der Waals surface area contributed by atoms with Crippen molar-refractivity contribution in [2.45, 2.75) is 18.9 Å². The number of anilines is 2. The molecule has 1 aromatic heterocycles. The second-order valence-corrected chi connectivity index (χ2v) is 8.27. The lowest BCUT2D eigenvalue weighted by atomic mass is 9.97. The van der Waals surface area contributed by atoms with Crippen LogP contribution in [0.15, 0.2) is 53.6 Å². The number of thioether (sulfide) groups is 1. The summed E-state index contributed by atoms with van der Waals surface area (Å²) in [5, 5.41) is 19.9. The number of pyridine rings is 1. The lowest BCUT2D eigenvalue weighted by molar-refractivity contribution is 0.102. The van der Waals surface area contributed by atoms with Crippen LogP contribution >= 0.6 is 11.8 Å². The summed E-state index contributed by atoms with van der Waals surface area (Å²) in [4.78, 5) is 19.3. The molecule has 172 valence electrons. The maximum Gasteiger partial charge on any atom is 0.173 e. The topological polar surface area (TPSA) is 116 Å². The standard InChI is InChI=1S/C26H25N5O2S/c1-4-31(5-2)19-10-6-17(7-11-19)23(32)16-34-26-22(15-28)24(21(14-27)25(29)30-26)18-8-12-20(33-3)13-9-18/h6-13H,4-5,16H2,1-3H3,(H2,29,30). The third-order valence-corrected chi connectivity index (χ3v) is 6.43. The number of Topliss-reactive ketones (excluding diaryl/α,β-unsaturated/α-hetero) is 1. The summed E-state index contributed by atoms with van der Waals surface area (Å²) in [5.41, 5.74) is 9.10. The second-order valence-electron chi connectivity index (χ2n) is 7.31. The van der Waals surface area contributed by atoms with Gasteiger partial charge < -0.3 is 15.4 Å². The van der Waals surface area contributed by atoms with E-state index in [-0.39, 0.29) is 28.5 Å². The molecule has 34 heavy (non-hydrogen) atoms. The highest BCUT2D eigenvalue weighted by atomic mass is 32.2. The molecule has 0 amide bonds. The number of carbonyl (C=O) groups is 1. The van der Waals surface area contributed by atoms with Crippen molar-refractivity contribution in [3.05, 3.63) is 65.2 Å². The zero-order valence-electron chi connectivity index (χ0n) is 19.3. The molecule has 2 N–H and O–H groups in total. The number of hydrogen-bond donors (Lipinski definition) is 1. The summed E-state index contributed by atoms with van der Waals surface area (Å²) >= 11 is 1.14. The van der Waals surface area contributed by atoms with E-state index in [0.29, 0.717) is 27.5 Å². The van der Waals surface area contributed by atoms with Crippen molar-refractivity contribution in [1.29, 1.82) is 10.5 Å². The van der Waals surface area contributed by atoms with Crippen LogP contribution in [0.4, 0.5) is 11.5 Å². The summed E-state index contributed by atoms with van der Waals surface area (Å²) < 4.78 is 5.19. The van der Waals surface area contributed by atoms with Gasteiger partial charge in [0.2, 0.25) is 0 Å². The molecule has 0 unspecified atom stereocenters. The van der Waals surface area contributed by atoms with E-state index in [9.17, 15) is 15.3 Å². The maximum absolute atomic E-state index is 12.8. The molecule has 0 radical (unpaired) electrons. The molecule has 0 saturated carbocycles. The lowest BCUT2D eigenvalue weighted by Gasteiger charge is -2.21. The minimum Gasteiger partial charge on any atom is -0.497 e. The van der Waals surface area contributed by atoms with E-state index in [1.165, 1.54) is 0 Å². The average Bonchev–Trinajstić information content (AvgIpc) is 2.88. The third kappa shape index (κ3) is 5.14. The van der Waals surface area contributed by atoms with Crippen LogP contribution in [0.3, 0.4) is 0 Å². The summed E-state index contributed by atoms with van der Waals surface area (Å²) in [7, 11) is 1.56. The van der Waals surface area contributed by atoms with Crippen molar-refractivity contribution in [1.82, 2.24) is 4.98 Å². The van der Waals surface area contributed by atoms with Gasteiger partial charge in [0, 0.05) is 29.9 Å². The third-order valence-electron chi connectivity index (χ3n) is 5.45. The molecular formula is C26H25N5O2S. The first kappa shape index (κ1) is 24.6. The Balaban J connectivity index is 1.90. The number of nitriles is 2. The van der Waals surface area contributed by atoms with E-state index in [4.69, 9.17) is 10.5 Å². The summed E-state index contributed by atoms with van der Waals surface area (Å²) in [6.45, 7) is 5.95. The highest BCUT2D eigenvalue weighted by molar-refractivity contribution is 8.00. The summed E-state index contributed by atoms with van der Waals surface area (Å²) in [6, 6.07) is 18.7. The Morgan fingerprint density at radius 3 is 2.18 bits per heavy atom. The molecule has 7 nitrogen and oxygen atoms in total. The van der Waals surface area contributed by atoms with Crippen LogP contribution in [-0.4, -0.2) is 36.7 Å². The van der Waals surface area contributed by atoms with Crippen LogP contribution in [-0.2, 0) is 0 Å². The van der Waals surface area contributed by atoms with Gasteiger partial charge in [-0.05, 0) is 55.8 Å². The number of benzene rings is 2. The Morgan fingerprint density at radius 1 is 1.03 bits per heavy atom. The zero-order chi connectivity index (χ0) is 24.7. The van der Waals surface area contributed by atoms with Crippen LogP contribution in [0.25, 0.3) is 11.1 Å². The van der Waals surface area contributed by atoms with Crippen molar-refractivity contribution in [2.75, 3.05) is 36.6 Å². The van der Waals surface area contributed by atoms with Crippen molar-refractivity contribution in [2.24, 2.45) is 0 Å². The molecule has 0 aliphatic heterocycles. The molecule has 0 aliphatic rings. The van der Waals surface area contributed by atoms with E-state index in [1.54, 1.807) is 31.4 Å². The molecule has 0 fully saturated rings. The van der Waals surface area contributed by atoms with E-state index in [0.717, 1.165) is 30.5 Å². The minimum absolute atomic E-state index is 0.0193. The van der Waals surface area contributed by atoms with Gasteiger partial charge in [0.25, 0.3) is 0 Å². The van der Waals surface area contributed by atoms with Gasteiger partial charge in [-0.2, -0.15) is 10.5 Å². The predicted molar refractivity (Wildman–Crippen MR) is 135 cm³/mol. The van der Waals surface area contributed by atoms with Gasteiger partial charge in [-0.3, -0.25) is 4.79 Å². The monoisotopic (exact) mass is 471 g/mol. The van der Waals surface area contributed by atoms with Gasteiger partial charge >= 0.3 is 0 Å². The molecule has 0 aliphatic carbocycles. The largest absolute Gasteiger partial charge is 0.497 e. The van der Waals surface area contributed by atoms with Crippen LogP contribution in [0, 0.1) is 22.7 Å². The molecular weight excluding hydrogens is 446 g/mol. The molecule has 3 rings (SSSR count). The fraction of sp³-hybridized carbons (Fsp3) is 0.231. The van der Waals surface area contributed by atoms with Crippen molar-refractivity contribution >= 4 is 29.1 Å². The highest BCUT2D eigenvalue weighted by Crippen LogP contribution is 2.36. The van der Waals surface area contributed by atoms with E-state index >= 15 is 0 Å². The van der Waals surface area contributed by atoms with Crippen LogP contribution in [0.5, 0.6) is 5.75 Å². The first-order valence-electron chi connectivity index (χ1n) is 10.8. The zero-order valence-corrected chi connectivity index (χ0v) is 20.1. The van der Waals surface area contributed by atoms with E-state index < -0.39 is 0 Å². The van der Waals surface area contributed by atoms with Gasteiger partial charge in [0.1, 0.15) is 34.3 Å². The Kier molecular flexibility index (Phi) is 8.13. The van der Waals surface area contributed by atoms with Crippen LogP contribution in [0.2, 0.25) is 0 Å². The maximum atomic E-state index is 12.8. The number of nitrogens with zero attached hydrogens (tertiary/aromatic N) is 4.